The molecule has 36 heavy (non-hydrogen) atoms. The Morgan fingerprint density at radius 3 is 2.42 bits per heavy atom. The fourth-order valence-corrected chi connectivity index (χ4v) is 4.73. The maximum atomic E-state index is 11.8. The summed E-state index contributed by atoms with van der Waals surface area (Å²) in [6.07, 6.45) is 1.78. The van der Waals surface area contributed by atoms with E-state index in [1.807, 2.05) is 56.6 Å². The minimum atomic E-state index is -0.374. The number of hydrogen-bond acceptors (Lipinski definition) is 6. The summed E-state index contributed by atoms with van der Waals surface area (Å²) in [4.78, 5) is 20.5. The van der Waals surface area contributed by atoms with E-state index in [-0.39, 0.29) is 18.1 Å². The normalized spacial score (nSPS) is 17.1. The van der Waals surface area contributed by atoms with E-state index in [1.165, 1.54) is 7.11 Å². The van der Waals surface area contributed by atoms with Crippen LogP contribution in [-0.2, 0) is 4.74 Å². The number of nitrogens with zero attached hydrogens (tertiary/aromatic N) is 3. The van der Waals surface area contributed by atoms with Crippen molar-refractivity contribution in [3.63, 3.8) is 0 Å². The molecule has 5 rings (SSSR count). The second kappa shape index (κ2) is 9.83. The lowest BCUT2D eigenvalue weighted by Crippen LogP contribution is -2.29. The van der Waals surface area contributed by atoms with Gasteiger partial charge in [0.05, 0.1) is 24.4 Å². The number of rotatable bonds is 6. The fraction of sp³-hybridized carbons (Fsp3) is 0.179. The van der Waals surface area contributed by atoms with Crippen LogP contribution in [0.3, 0.4) is 0 Å². The van der Waals surface area contributed by atoms with Gasteiger partial charge in [-0.2, -0.15) is 0 Å². The summed E-state index contributed by atoms with van der Waals surface area (Å²) in [5, 5.41) is 4.06. The molecule has 4 aromatic rings. The molecule has 0 aliphatic carbocycles. The van der Waals surface area contributed by atoms with Gasteiger partial charge < -0.3 is 24.3 Å². The molecular weight excluding hydrogens is 472 g/mol. The van der Waals surface area contributed by atoms with Crippen LogP contribution >= 0.6 is 12.2 Å². The SMILES string of the molecule is COC(=O)c1ccc(-c2ccc([C@H]3[C@H](c4ccccn4)NC(=S)N3c3ccc(N(C)C)cc3)o2)cc1. The minimum absolute atomic E-state index is 0.201. The van der Waals surface area contributed by atoms with Crippen molar-refractivity contribution in [2.45, 2.75) is 12.1 Å². The number of nitrogens with one attached hydrogen (secondary N) is 1. The van der Waals surface area contributed by atoms with E-state index in [1.54, 1.807) is 18.3 Å². The van der Waals surface area contributed by atoms with E-state index in [0.717, 1.165) is 28.4 Å². The summed E-state index contributed by atoms with van der Waals surface area (Å²) in [7, 11) is 5.39. The molecule has 7 nitrogen and oxygen atoms in total. The predicted octanol–water partition coefficient (Wildman–Crippen LogP) is 5.37. The van der Waals surface area contributed by atoms with Gasteiger partial charge in [0, 0.05) is 37.2 Å². The quantitative estimate of drug-likeness (QED) is 0.281. The van der Waals surface area contributed by atoms with Gasteiger partial charge >= 0.3 is 5.97 Å². The van der Waals surface area contributed by atoms with Crippen molar-refractivity contribution in [2.24, 2.45) is 0 Å². The van der Waals surface area contributed by atoms with Crippen LogP contribution in [-0.4, -0.2) is 37.3 Å². The lowest BCUT2D eigenvalue weighted by molar-refractivity contribution is 0.0600. The van der Waals surface area contributed by atoms with Crippen molar-refractivity contribution < 1.29 is 13.9 Å². The molecular formula is C28H26N4O3S. The van der Waals surface area contributed by atoms with E-state index in [0.29, 0.717) is 16.4 Å². The average molecular weight is 499 g/mol. The Morgan fingerprint density at radius 1 is 1.03 bits per heavy atom. The van der Waals surface area contributed by atoms with Gasteiger partial charge in [0.15, 0.2) is 5.11 Å². The molecule has 0 radical (unpaired) electrons. The molecule has 3 heterocycles. The van der Waals surface area contributed by atoms with E-state index >= 15 is 0 Å². The third-order valence-corrected chi connectivity index (χ3v) is 6.57. The summed E-state index contributed by atoms with van der Waals surface area (Å²) >= 11 is 5.80. The molecule has 0 spiro atoms. The van der Waals surface area contributed by atoms with Gasteiger partial charge in [0.2, 0.25) is 0 Å². The number of thiocarbonyl (C=S) groups is 1. The van der Waals surface area contributed by atoms with Crippen LogP contribution in [0.5, 0.6) is 0 Å². The highest BCUT2D eigenvalue weighted by Gasteiger charge is 2.42. The summed E-state index contributed by atoms with van der Waals surface area (Å²) in [6.45, 7) is 0. The van der Waals surface area contributed by atoms with Crippen LogP contribution in [0.15, 0.2) is 89.5 Å². The molecule has 0 bridgehead atoms. The Hall–Kier alpha value is -4.17. The summed E-state index contributed by atoms with van der Waals surface area (Å²) in [5.74, 6) is 1.07. The second-order valence-corrected chi connectivity index (χ2v) is 9.07. The highest BCUT2D eigenvalue weighted by Crippen LogP contribution is 2.43. The summed E-state index contributed by atoms with van der Waals surface area (Å²) in [6, 6.07) is 24.7. The van der Waals surface area contributed by atoms with Crippen molar-refractivity contribution in [3.05, 3.63) is 102 Å². The number of esters is 1. The predicted molar refractivity (Wildman–Crippen MR) is 144 cm³/mol. The van der Waals surface area contributed by atoms with Crippen LogP contribution in [0.4, 0.5) is 11.4 Å². The second-order valence-electron chi connectivity index (χ2n) is 8.68. The lowest BCUT2D eigenvalue weighted by Gasteiger charge is -2.26. The van der Waals surface area contributed by atoms with Crippen molar-refractivity contribution >= 4 is 34.7 Å². The molecule has 1 fully saturated rings. The molecule has 1 N–H and O–H groups in total. The maximum absolute atomic E-state index is 11.8. The Kier molecular flexibility index (Phi) is 6.43. The van der Waals surface area contributed by atoms with E-state index < -0.39 is 0 Å². The van der Waals surface area contributed by atoms with Gasteiger partial charge in [-0.05, 0) is 72.9 Å². The topological polar surface area (TPSA) is 70.8 Å². The number of pyridine rings is 1. The number of methoxy groups -OCH3 is 1. The van der Waals surface area contributed by atoms with Crippen LogP contribution in [0.2, 0.25) is 0 Å². The monoisotopic (exact) mass is 498 g/mol. The van der Waals surface area contributed by atoms with E-state index in [9.17, 15) is 4.79 Å². The molecule has 2 aromatic carbocycles. The minimum Gasteiger partial charge on any atom is -0.465 e. The summed E-state index contributed by atoms with van der Waals surface area (Å²) in [5.41, 5.74) is 4.28. The third-order valence-electron chi connectivity index (χ3n) is 6.25. The maximum Gasteiger partial charge on any atom is 0.337 e. The van der Waals surface area contributed by atoms with Gasteiger partial charge in [0.1, 0.15) is 17.6 Å². The Balaban J connectivity index is 1.53. The third kappa shape index (κ3) is 4.43. The number of aromatic nitrogens is 1. The van der Waals surface area contributed by atoms with Crippen LogP contribution in [0.25, 0.3) is 11.3 Å². The first-order valence-electron chi connectivity index (χ1n) is 11.5. The number of hydrogen-bond donors (Lipinski definition) is 1. The lowest BCUT2D eigenvalue weighted by atomic mass is 10.0. The zero-order valence-corrected chi connectivity index (χ0v) is 21.0. The Morgan fingerprint density at radius 2 is 1.78 bits per heavy atom. The van der Waals surface area contributed by atoms with E-state index in [2.05, 4.69) is 44.4 Å². The highest BCUT2D eigenvalue weighted by molar-refractivity contribution is 7.80. The average Bonchev–Trinajstić information content (AvgIpc) is 3.53. The van der Waals surface area contributed by atoms with Gasteiger partial charge in [-0.1, -0.05) is 18.2 Å². The Bertz CT molecular complexity index is 1370. The first-order chi connectivity index (χ1) is 17.5. The van der Waals surface area contributed by atoms with Gasteiger partial charge in [-0.3, -0.25) is 4.98 Å². The van der Waals surface area contributed by atoms with Crippen molar-refractivity contribution in [1.82, 2.24) is 10.3 Å². The standard InChI is InChI=1S/C28H26N4O3S/c1-31(2)20-11-13-21(14-12-20)32-26(25(30-28(32)36)22-6-4-5-17-29-22)24-16-15-23(35-24)18-7-9-19(10-8-18)27(33)34-3/h4-17,25-26H,1-3H3,(H,30,36)/t25-,26-/m0/s1. The van der Waals surface area contributed by atoms with E-state index in [4.69, 9.17) is 21.4 Å². The van der Waals surface area contributed by atoms with Crippen molar-refractivity contribution in [1.29, 1.82) is 0 Å². The zero-order chi connectivity index (χ0) is 25.2. The van der Waals surface area contributed by atoms with Crippen LogP contribution in [0.1, 0.15) is 33.9 Å². The molecule has 1 aliphatic rings. The first kappa shape index (κ1) is 23.6. The smallest absolute Gasteiger partial charge is 0.337 e. The van der Waals surface area contributed by atoms with Crippen molar-refractivity contribution in [2.75, 3.05) is 31.0 Å². The van der Waals surface area contributed by atoms with Crippen molar-refractivity contribution in [3.8, 4) is 11.3 Å². The molecule has 182 valence electrons. The number of carbonyl (C=O) groups is 1. The number of benzene rings is 2. The molecule has 2 aromatic heterocycles. The summed E-state index contributed by atoms with van der Waals surface area (Å²) < 4.78 is 11.2. The highest BCUT2D eigenvalue weighted by atomic mass is 32.1. The number of carbonyl (C=O) groups excluding carboxylic acids is 1. The molecule has 2 atom stereocenters. The molecule has 0 amide bonds. The van der Waals surface area contributed by atoms with Gasteiger partial charge in [-0.15, -0.1) is 0 Å². The molecule has 1 saturated heterocycles. The molecule has 0 saturated carbocycles. The zero-order valence-electron chi connectivity index (χ0n) is 20.2. The van der Waals surface area contributed by atoms with Crippen LogP contribution < -0.4 is 15.1 Å². The van der Waals surface area contributed by atoms with Crippen LogP contribution in [0, 0.1) is 0 Å². The molecule has 0 unspecified atom stereocenters. The largest absolute Gasteiger partial charge is 0.465 e. The number of ether oxygens (including phenoxy) is 1. The number of anilines is 2. The fourth-order valence-electron chi connectivity index (χ4n) is 4.39. The van der Waals surface area contributed by atoms with Gasteiger partial charge in [-0.25, -0.2) is 4.79 Å². The van der Waals surface area contributed by atoms with Gasteiger partial charge in [0.25, 0.3) is 0 Å². The Labute approximate surface area is 215 Å². The molecule has 8 heteroatoms. The first-order valence-corrected chi connectivity index (χ1v) is 11.9. The molecule has 1 aliphatic heterocycles. The number of furan rings is 1.